The summed E-state index contributed by atoms with van der Waals surface area (Å²) in [6.07, 6.45) is 0. The average Bonchev–Trinajstić information content (AvgIpc) is 2.13. The van der Waals surface area contributed by atoms with E-state index < -0.39 is 5.54 Å². The van der Waals surface area contributed by atoms with E-state index in [2.05, 4.69) is 15.3 Å². The molecule has 1 rings (SSSR count). The third kappa shape index (κ3) is 2.94. The van der Waals surface area contributed by atoms with Crippen LogP contribution in [0, 0.1) is 6.92 Å². The van der Waals surface area contributed by atoms with E-state index in [9.17, 15) is 0 Å². The number of aliphatic hydroxyl groups excluding tert-OH is 1. The Morgan fingerprint density at radius 2 is 2.07 bits per heavy atom. The minimum Gasteiger partial charge on any atom is -0.394 e. The van der Waals surface area contributed by atoms with Crippen LogP contribution in [0.3, 0.4) is 0 Å². The second-order valence-corrected chi connectivity index (χ2v) is 4.35. The summed E-state index contributed by atoms with van der Waals surface area (Å²) < 4.78 is 0. The molecule has 0 atom stereocenters. The predicted molar refractivity (Wildman–Crippen MR) is 61.0 cm³/mol. The number of hydrogen-bond donors (Lipinski definition) is 3. The molecule has 0 aromatic carbocycles. The first kappa shape index (κ1) is 12.0. The van der Waals surface area contributed by atoms with Gasteiger partial charge in [0.15, 0.2) is 11.0 Å². The highest BCUT2D eigenvalue weighted by Gasteiger charge is 2.19. The highest BCUT2D eigenvalue weighted by Crippen LogP contribution is 2.25. The zero-order chi connectivity index (χ0) is 11.6. The van der Waals surface area contributed by atoms with Crippen molar-refractivity contribution in [3.63, 3.8) is 0 Å². The molecule has 0 aliphatic carbocycles. The lowest BCUT2D eigenvalue weighted by Gasteiger charge is -2.25. The fourth-order valence-electron chi connectivity index (χ4n) is 1.00. The van der Waals surface area contributed by atoms with Gasteiger partial charge in [-0.2, -0.15) is 0 Å². The zero-order valence-electron chi connectivity index (χ0n) is 9.00. The first-order valence-electron chi connectivity index (χ1n) is 4.54. The second-order valence-electron chi connectivity index (χ2n) is 3.99. The number of nitrogens with zero attached hydrogens (tertiary/aromatic N) is 2. The van der Waals surface area contributed by atoms with Gasteiger partial charge < -0.3 is 16.2 Å². The van der Waals surface area contributed by atoms with E-state index in [1.165, 1.54) is 0 Å². The molecule has 1 heterocycles. The normalized spacial score (nSPS) is 11.5. The fraction of sp³-hybridized carbons (Fsp3) is 0.556. The standard InChI is InChI=1S/C9H15ClN4O/c1-5-12-7(10)6(11)8(13-5)14-9(2,3)4-15/h15H,4,11H2,1-3H3,(H,12,13,14). The molecule has 0 saturated carbocycles. The Balaban J connectivity index is 3.05. The van der Waals surface area contributed by atoms with Crippen LogP contribution >= 0.6 is 11.6 Å². The quantitative estimate of drug-likeness (QED) is 0.680. The maximum atomic E-state index is 9.11. The summed E-state index contributed by atoms with van der Waals surface area (Å²) in [6.45, 7) is 5.35. The van der Waals surface area contributed by atoms with E-state index >= 15 is 0 Å². The van der Waals surface area contributed by atoms with Crippen LogP contribution in [0.1, 0.15) is 19.7 Å². The predicted octanol–water partition coefficient (Wildman–Crippen LogP) is 1.20. The van der Waals surface area contributed by atoms with Gasteiger partial charge in [0.2, 0.25) is 0 Å². The van der Waals surface area contributed by atoms with Crippen LogP contribution in [0.25, 0.3) is 0 Å². The van der Waals surface area contributed by atoms with Gasteiger partial charge in [-0.15, -0.1) is 0 Å². The average molecular weight is 231 g/mol. The summed E-state index contributed by atoms with van der Waals surface area (Å²) in [5.74, 6) is 0.983. The lowest BCUT2D eigenvalue weighted by atomic mass is 10.1. The highest BCUT2D eigenvalue weighted by molar-refractivity contribution is 6.32. The molecule has 1 aromatic rings. The number of aromatic nitrogens is 2. The SMILES string of the molecule is Cc1nc(Cl)c(N)c(NC(C)(C)CO)n1. The monoisotopic (exact) mass is 230 g/mol. The first-order valence-corrected chi connectivity index (χ1v) is 4.92. The summed E-state index contributed by atoms with van der Waals surface area (Å²) in [7, 11) is 0. The fourth-order valence-corrected chi connectivity index (χ4v) is 1.21. The number of nitrogens with one attached hydrogen (secondary N) is 1. The molecule has 15 heavy (non-hydrogen) atoms. The van der Waals surface area contributed by atoms with Crippen LogP contribution in [-0.4, -0.2) is 27.2 Å². The summed E-state index contributed by atoms with van der Waals surface area (Å²) in [6, 6.07) is 0. The summed E-state index contributed by atoms with van der Waals surface area (Å²) in [5.41, 5.74) is 5.51. The molecule has 0 aliphatic rings. The Bertz CT molecular complexity index is 367. The van der Waals surface area contributed by atoms with Gasteiger partial charge in [-0.3, -0.25) is 0 Å². The number of nitrogens with two attached hydrogens (primary N) is 1. The molecular weight excluding hydrogens is 216 g/mol. The van der Waals surface area contributed by atoms with E-state index in [1.54, 1.807) is 6.92 Å². The van der Waals surface area contributed by atoms with E-state index in [4.69, 9.17) is 22.4 Å². The molecule has 5 nitrogen and oxygen atoms in total. The van der Waals surface area contributed by atoms with E-state index in [-0.39, 0.29) is 11.8 Å². The van der Waals surface area contributed by atoms with Gasteiger partial charge in [-0.05, 0) is 20.8 Å². The molecule has 84 valence electrons. The van der Waals surface area contributed by atoms with Gasteiger partial charge in [-0.25, -0.2) is 9.97 Å². The van der Waals surface area contributed by atoms with Crippen molar-refractivity contribution >= 4 is 23.1 Å². The number of aryl methyl sites for hydroxylation is 1. The number of aliphatic hydroxyl groups is 1. The maximum absolute atomic E-state index is 9.11. The first-order chi connectivity index (χ1) is 6.85. The summed E-state index contributed by atoms with van der Waals surface area (Å²) in [4.78, 5) is 8.04. The molecule has 1 aromatic heterocycles. The van der Waals surface area contributed by atoms with Crippen molar-refractivity contribution in [1.82, 2.24) is 9.97 Å². The van der Waals surface area contributed by atoms with Crippen molar-refractivity contribution in [3.8, 4) is 0 Å². The van der Waals surface area contributed by atoms with Crippen LogP contribution in [0.5, 0.6) is 0 Å². The summed E-state index contributed by atoms with van der Waals surface area (Å²) >= 11 is 5.81. The van der Waals surface area contributed by atoms with E-state index in [0.29, 0.717) is 17.3 Å². The Kier molecular flexibility index (Phi) is 3.36. The molecule has 0 radical (unpaired) electrons. The van der Waals surface area contributed by atoms with Crippen LogP contribution in [0.15, 0.2) is 0 Å². The number of hydrogen-bond acceptors (Lipinski definition) is 5. The third-order valence-electron chi connectivity index (χ3n) is 1.86. The second kappa shape index (κ2) is 4.20. The molecule has 0 fully saturated rings. The van der Waals surface area contributed by atoms with Crippen molar-refractivity contribution < 1.29 is 5.11 Å². The largest absolute Gasteiger partial charge is 0.394 e. The third-order valence-corrected chi connectivity index (χ3v) is 2.15. The topological polar surface area (TPSA) is 84.1 Å². The van der Waals surface area contributed by atoms with Crippen LogP contribution in [-0.2, 0) is 0 Å². The van der Waals surface area contributed by atoms with Gasteiger partial charge in [0.1, 0.15) is 11.5 Å². The van der Waals surface area contributed by atoms with E-state index in [1.807, 2.05) is 13.8 Å². The van der Waals surface area contributed by atoms with Crippen molar-refractivity contribution in [2.45, 2.75) is 26.3 Å². The number of nitrogen functional groups attached to an aromatic ring is 1. The van der Waals surface area contributed by atoms with Crippen LogP contribution in [0.4, 0.5) is 11.5 Å². The zero-order valence-corrected chi connectivity index (χ0v) is 9.76. The van der Waals surface area contributed by atoms with Crippen LogP contribution < -0.4 is 11.1 Å². The van der Waals surface area contributed by atoms with Crippen molar-refractivity contribution in [2.75, 3.05) is 17.7 Å². The summed E-state index contributed by atoms with van der Waals surface area (Å²) in [5, 5.41) is 12.3. The smallest absolute Gasteiger partial charge is 0.157 e. The van der Waals surface area contributed by atoms with Gasteiger partial charge >= 0.3 is 0 Å². The van der Waals surface area contributed by atoms with Crippen molar-refractivity contribution in [3.05, 3.63) is 11.0 Å². The number of rotatable bonds is 3. The Morgan fingerprint density at radius 1 is 1.47 bits per heavy atom. The highest BCUT2D eigenvalue weighted by atomic mass is 35.5. The Morgan fingerprint density at radius 3 is 2.60 bits per heavy atom. The molecule has 0 aliphatic heterocycles. The molecule has 0 bridgehead atoms. The lowest BCUT2D eigenvalue weighted by Crippen LogP contribution is -2.35. The van der Waals surface area contributed by atoms with Gasteiger partial charge in [-0.1, -0.05) is 11.6 Å². The minimum atomic E-state index is -0.502. The molecule has 0 unspecified atom stereocenters. The van der Waals surface area contributed by atoms with Gasteiger partial charge in [0, 0.05) is 0 Å². The molecule has 0 amide bonds. The van der Waals surface area contributed by atoms with Crippen molar-refractivity contribution in [1.29, 1.82) is 0 Å². The molecule has 0 spiro atoms. The molecule has 4 N–H and O–H groups in total. The Hall–Kier alpha value is -1.07. The molecule has 6 heteroatoms. The number of halogens is 1. The molecule has 0 saturated heterocycles. The van der Waals surface area contributed by atoms with Crippen molar-refractivity contribution in [2.24, 2.45) is 0 Å². The molecular formula is C9H15ClN4O. The lowest BCUT2D eigenvalue weighted by molar-refractivity contribution is 0.234. The van der Waals surface area contributed by atoms with Gasteiger partial charge in [0.05, 0.1) is 12.1 Å². The maximum Gasteiger partial charge on any atom is 0.157 e. The van der Waals surface area contributed by atoms with Gasteiger partial charge in [0.25, 0.3) is 0 Å². The minimum absolute atomic E-state index is 0.0346. The number of anilines is 2. The van der Waals surface area contributed by atoms with E-state index in [0.717, 1.165) is 0 Å². The van der Waals surface area contributed by atoms with Crippen LogP contribution in [0.2, 0.25) is 5.15 Å². The Labute approximate surface area is 93.7 Å².